The number of hydrogen-bond donors (Lipinski definition) is 1. The van der Waals surface area contributed by atoms with Gasteiger partial charge in [-0.2, -0.15) is 0 Å². The molecule has 0 spiro atoms. The molecule has 1 aliphatic rings. The number of benzene rings is 1. The van der Waals surface area contributed by atoms with Crippen LogP contribution in [0.4, 0.5) is 10.5 Å². The number of anilines is 1. The normalized spacial score (nSPS) is 18.0. The Balaban J connectivity index is 1.74. The third-order valence-electron chi connectivity index (χ3n) is 4.84. The highest BCUT2D eigenvalue weighted by molar-refractivity contribution is 5.90. The average molecular weight is 326 g/mol. The fourth-order valence-electron chi connectivity index (χ4n) is 3.29. The van der Waals surface area contributed by atoms with E-state index in [-0.39, 0.29) is 6.03 Å². The van der Waals surface area contributed by atoms with Crippen molar-refractivity contribution >= 4 is 11.7 Å². The maximum atomic E-state index is 12.7. The fraction of sp³-hybridized carbons (Fsp3) is 0.421. The van der Waals surface area contributed by atoms with E-state index in [4.69, 9.17) is 0 Å². The number of nitrogens with one attached hydrogen (secondary N) is 1. The maximum absolute atomic E-state index is 12.7. The quantitative estimate of drug-likeness (QED) is 0.940. The third kappa shape index (κ3) is 3.46. The predicted octanol–water partition coefficient (Wildman–Crippen LogP) is 3.34. The van der Waals surface area contributed by atoms with Crippen LogP contribution in [0.2, 0.25) is 0 Å². The molecular formula is C19H26N4O. The molecule has 1 fully saturated rings. The van der Waals surface area contributed by atoms with Crippen molar-refractivity contribution in [3.8, 4) is 5.69 Å². The summed E-state index contributed by atoms with van der Waals surface area (Å²) in [5.41, 5.74) is 3.03. The van der Waals surface area contributed by atoms with Crippen molar-refractivity contribution in [1.29, 1.82) is 0 Å². The van der Waals surface area contributed by atoms with Crippen LogP contribution >= 0.6 is 0 Å². The number of likely N-dealkylation sites (tertiary alicyclic amines) is 1. The van der Waals surface area contributed by atoms with Crippen LogP contribution in [0.1, 0.15) is 18.4 Å². The van der Waals surface area contributed by atoms with E-state index in [0.717, 1.165) is 42.9 Å². The lowest BCUT2D eigenvalue weighted by molar-refractivity contribution is 0.148. The van der Waals surface area contributed by atoms with Crippen molar-refractivity contribution in [2.24, 2.45) is 0 Å². The number of likely N-dealkylation sites (N-methyl/N-ethyl adjacent to an activating group) is 1. The van der Waals surface area contributed by atoms with E-state index in [0.29, 0.717) is 6.04 Å². The average Bonchev–Trinajstić information content (AvgIpc) is 3.11. The molecule has 1 N–H and O–H groups in total. The van der Waals surface area contributed by atoms with Gasteiger partial charge in [0.1, 0.15) is 0 Å². The summed E-state index contributed by atoms with van der Waals surface area (Å²) < 4.78 is 2.06. The van der Waals surface area contributed by atoms with E-state index in [1.54, 1.807) is 0 Å². The summed E-state index contributed by atoms with van der Waals surface area (Å²) in [7, 11) is 4.16. The second-order valence-electron chi connectivity index (χ2n) is 6.68. The smallest absolute Gasteiger partial charge is 0.321 e. The van der Waals surface area contributed by atoms with Gasteiger partial charge in [-0.25, -0.2) is 4.79 Å². The highest BCUT2D eigenvalue weighted by atomic mass is 16.2. The number of rotatable bonds is 3. The molecular weight excluding hydrogens is 300 g/mol. The predicted molar refractivity (Wildman–Crippen MR) is 97.8 cm³/mol. The first-order valence-electron chi connectivity index (χ1n) is 8.51. The number of hydrogen-bond acceptors (Lipinski definition) is 2. The summed E-state index contributed by atoms with van der Waals surface area (Å²) in [4.78, 5) is 16.8. The second kappa shape index (κ2) is 7.09. The summed E-state index contributed by atoms with van der Waals surface area (Å²) in [6, 6.07) is 10.4. The van der Waals surface area contributed by atoms with Gasteiger partial charge >= 0.3 is 6.03 Å². The van der Waals surface area contributed by atoms with Crippen molar-refractivity contribution in [2.75, 3.05) is 32.5 Å². The van der Waals surface area contributed by atoms with Gasteiger partial charge in [0.05, 0.1) is 0 Å². The topological polar surface area (TPSA) is 40.5 Å². The van der Waals surface area contributed by atoms with Gasteiger partial charge in [0, 0.05) is 42.9 Å². The van der Waals surface area contributed by atoms with E-state index in [9.17, 15) is 4.79 Å². The standard InChI is InChI=1S/C19H26N4O/c1-15-17(9-6-10-18(15)22-11-4-5-12-22)20-19(24)23-13-7-8-16(14-23)21(2)3/h4-6,9-12,16H,7-8,13-14H2,1-3H3,(H,20,24). The minimum Gasteiger partial charge on any atom is -0.324 e. The molecule has 1 saturated heterocycles. The Morgan fingerprint density at radius 1 is 1.21 bits per heavy atom. The van der Waals surface area contributed by atoms with E-state index in [1.807, 2.05) is 48.5 Å². The number of amides is 2. The highest BCUT2D eigenvalue weighted by Crippen LogP contribution is 2.23. The van der Waals surface area contributed by atoms with Gasteiger partial charge in [-0.3, -0.25) is 0 Å². The van der Waals surface area contributed by atoms with Gasteiger partial charge in [0.2, 0.25) is 0 Å². The van der Waals surface area contributed by atoms with Crippen molar-refractivity contribution in [3.63, 3.8) is 0 Å². The van der Waals surface area contributed by atoms with Crippen LogP contribution in [0.5, 0.6) is 0 Å². The minimum absolute atomic E-state index is 0.00527. The Labute approximate surface area is 143 Å². The third-order valence-corrected chi connectivity index (χ3v) is 4.84. The van der Waals surface area contributed by atoms with E-state index >= 15 is 0 Å². The minimum atomic E-state index is -0.00527. The summed E-state index contributed by atoms with van der Waals surface area (Å²) >= 11 is 0. The Morgan fingerprint density at radius 3 is 2.67 bits per heavy atom. The molecule has 2 aromatic rings. The maximum Gasteiger partial charge on any atom is 0.321 e. The molecule has 1 unspecified atom stereocenters. The van der Waals surface area contributed by atoms with Crippen LogP contribution < -0.4 is 5.32 Å². The summed E-state index contributed by atoms with van der Waals surface area (Å²) in [5.74, 6) is 0. The van der Waals surface area contributed by atoms with Crippen molar-refractivity contribution in [3.05, 3.63) is 48.3 Å². The SMILES string of the molecule is Cc1c(NC(=O)N2CCCC(N(C)C)C2)cccc1-n1cccc1. The lowest BCUT2D eigenvalue weighted by Crippen LogP contribution is -2.48. The van der Waals surface area contributed by atoms with E-state index < -0.39 is 0 Å². The van der Waals surface area contributed by atoms with Crippen LogP contribution in [0, 0.1) is 6.92 Å². The molecule has 5 heteroatoms. The molecule has 1 atom stereocenters. The van der Waals surface area contributed by atoms with Gasteiger partial charge in [0.25, 0.3) is 0 Å². The largest absolute Gasteiger partial charge is 0.324 e. The Morgan fingerprint density at radius 2 is 1.96 bits per heavy atom. The number of urea groups is 1. The van der Waals surface area contributed by atoms with Crippen LogP contribution in [0.15, 0.2) is 42.7 Å². The Kier molecular flexibility index (Phi) is 4.90. The molecule has 0 bridgehead atoms. The van der Waals surface area contributed by atoms with Gasteiger partial charge in [-0.1, -0.05) is 6.07 Å². The highest BCUT2D eigenvalue weighted by Gasteiger charge is 2.25. The summed E-state index contributed by atoms with van der Waals surface area (Å²) in [5, 5.41) is 3.10. The number of carbonyl (C=O) groups is 1. The Hall–Kier alpha value is -2.27. The summed E-state index contributed by atoms with van der Waals surface area (Å²) in [6.45, 7) is 3.66. The molecule has 24 heavy (non-hydrogen) atoms. The van der Waals surface area contributed by atoms with Gasteiger partial charge < -0.3 is 19.7 Å². The Bertz CT molecular complexity index is 693. The first kappa shape index (κ1) is 16.6. The number of nitrogens with zero attached hydrogens (tertiary/aromatic N) is 3. The molecule has 1 aromatic heterocycles. The van der Waals surface area contributed by atoms with Gasteiger partial charge in [-0.05, 0) is 63.7 Å². The first-order chi connectivity index (χ1) is 11.6. The lowest BCUT2D eigenvalue weighted by atomic mass is 10.1. The molecule has 2 heterocycles. The second-order valence-corrected chi connectivity index (χ2v) is 6.68. The molecule has 3 rings (SSSR count). The molecule has 5 nitrogen and oxygen atoms in total. The molecule has 128 valence electrons. The van der Waals surface area contributed by atoms with Gasteiger partial charge in [-0.15, -0.1) is 0 Å². The molecule has 0 saturated carbocycles. The molecule has 0 radical (unpaired) electrons. The monoisotopic (exact) mass is 326 g/mol. The molecule has 0 aliphatic carbocycles. The number of carbonyl (C=O) groups excluding carboxylic acids is 1. The molecule has 1 aromatic carbocycles. The van der Waals surface area contributed by atoms with Crippen LogP contribution in [-0.2, 0) is 0 Å². The first-order valence-corrected chi connectivity index (χ1v) is 8.51. The fourth-order valence-corrected chi connectivity index (χ4v) is 3.29. The van der Waals surface area contributed by atoms with Crippen molar-refractivity contribution in [1.82, 2.24) is 14.4 Å². The molecule has 2 amide bonds. The van der Waals surface area contributed by atoms with Crippen LogP contribution in [-0.4, -0.2) is 53.6 Å². The van der Waals surface area contributed by atoms with E-state index in [1.165, 1.54) is 0 Å². The van der Waals surface area contributed by atoms with Crippen LogP contribution in [0.3, 0.4) is 0 Å². The molecule has 1 aliphatic heterocycles. The zero-order valence-corrected chi connectivity index (χ0v) is 14.7. The zero-order valence-electron chi connectivity index (χ0n) is 14.7. The van der Waals surface area contributed by atoms with Gasteiger partial charge in [0.15, 0.2) is 0 Å². The lowest BCUT2D eigenvalue weighted by Gasteiger charge is -2.36. The number of aromatic nitrogens is 1. The van der Waals surface area contributed by atoms with Crippen molar-refractivity contribution in [2.45, 2.75) is 25.8 Å². The number of piperidine rings is 1. The van der Waals surface area contributed by atoms with Crippen molar-refractivity contribution < 1.29 is 4.79 Å². The zero-order chi connectivity index (χ0) is 17.1. The van der Waals surface area contributed by atoms with E-state index in [2.05, 4.69) is 34.9 Å². The van der Waals surface area contributed by atoms with Crippen LogP contribution in [0.25, 0.3) is 5.69 Å². The summed E-state index contributed by atoms with van der Waals surface area (Å²) in [6.07, 6.45) is 6.23.